The summed E-state index contributed by atoms with van der Waals surface area (Å²) in [5.41, 5.74) is 1.44. The molecule has 2 atom stereocenters. The minimum atomic E-state index is -0.559. The van der Waals surface area contributed by atoms with E-state index in [-0.39, 0.29) is 11.8 Å². The molecule has 2 aliphatic rings. The Balaban J connectivity index is 1.97. The number of aromatic nitrogens is 1. The molecule has 5 nitrogen and oxygen atoms in total. The maximum absolute atomic E-state index is 10.8. The summed E-state index contributed by atoms with van der Waals surface area (Å²) in [6.07, 6.45) is 1.64. The Labute approximate surface area is 147 Å². The van der Waals surface area contributed by atoms with Crippen LogP contribution in [0, 0.1) is 14.9 Å². The van der Waals surface area contributed by atoms with Crippen molar-refractivity contribution < 1.29 is 14.9 Å². The van der Waals surface area contributed by atoms with Crippen LogP contribution in [0.2, 0.25) is 0 Å². The third kappa shape index (κ3) is 1.75. The molecule has 2 aliphatic heterocycles. The Hall–Kier alpha value is -1.72. The number of hydrogen-bond donors (Lipinski definition) is 2. The van der Waals surface area contributed by atoms with E-state index in [1.165, 1.54) is 4.57 Å². The second-order valence-electron chi connectivity index (χ2n) is 6.57. The topological polar surface area (TPSA) is 78.4 Å². The normalized spacial score (nSPS) is 27.9. The number of fused-ring (bicyclic) bond motifs is 5. The van der Waals surface area contributed by atoms with Crippen molar-refractivity contribution in [3.8, 4) is 23.5 Å². The average Bonchev–Trinajstić information content (AvgIpc) is 3.04. The molecule has 2 bridgehead atoms. The van der Waals surface area contributed by atoms with Gasteiger partial charge >= 0.3 is 0 Å². The number of nitriles is 1. The fourth-order valence-electron chi connectivity index (χ4n) is 3.96. The second-order valence-corrected chi connectivity index (χ2v) is 7.73. The van der Waals surface area contributed by atoms with Crippen LogP contribution in [0.3, 0.4) is 0 Å². The van der Waals surface area contributed by atoms with Crippen LogP contribution in [-0.2, 0) is 15.9 Å². The maximum atomic E-state index is 10.8. The van der Waals surface area contributed by atoms with Gasteiger partial charge in [0.25, 0.3) is 0 Å². The Morgan fingerprint density at radius 3 is 2.22 bits per heavy atom. The molecule has 2 N–H and O–H groups in total. The highest BCUT2D eigenvalue weighted by Gasteiger charge is 2.59. The first-order valence-corrected chi connectivity index (χ1v) is 8.46. The van der Waals surface area contributed by atoms with Gasteiger partial charge in [-0.2, -0.15) is 5.26 Å². The fourth-order valence-corrected chi connectivity index (χ4v) is 4.58. The smallest absolute Gasteiger partial charge is 0.205 e. The lowest BCUT2D eigenvalue weighted by atomic mass is 9.80. The molecular formula is C17H15IN2O3. The molecule has 0 aliphatic carbocycles. The van der Waals surface area contributed by atoms with Crippen molar-refractivity contribution in [1.29, 1.82) is 5.26 Å². The van der Waals surface area contributed by atoms with Crippen LogP contribution in [0.5, 0.6) is 11.8 Å². The quantitative estimate of drug-likeness (QED) is 0.689. The van der Waals surface area contributed by atoms with Gasteiger partial charge in [-0.05, 0) is 67.5 Å². The van der Waals surface area contributed by atoms with Gasteiger partial charge in [-0.25, -0.2) is 0 Å². The first-order valence-electron chi connectivity index (χ1n) is 7.38. The van der Waals surface area contributed by atoms with Gasteiger partial charge in [-0.15, -0.1) is 0 Å². The number of aromatic hydroxyl groups is 2. The SMILES string of the molecule is C[C@]12CC[C@](C)(O1)c1c2c(O)n(-c2ccc(C#N)c(I)c2)c1O. The highest BCUT2D eigenvalue weighted by atomic mass is 127. The molecule has 0 radical (unpaired) electrons. The van der Waals surface area contributed by atoms with Crippen LogP contribution in [0.4, 0.5) is 0 Å². The van der Waals surface area contributed by atoms with E-state index in [1.54, 1.807) is 18.2 Å². The lowest BCUT2D eigenvalue weighted by molar-refractivity contribution is -0.0683. The van der Waals surface area contributed by atoms with Gasteiger partial charge < -0.3 is 14.9 Å². The zero-order valence-corrected chi connectivity index (χ0v) is 14.9. The standard InChI is InChI=1S/C17H15IN2O3/c1-16-5-6-17(2,23-16)13-12(16)14(21)20(15(13)22)10-4-3-9(8-19)11(18)7-10/h3-4,7,21-22H,5-6H2,1-2H3/t16-,17+. The highest BCUT2D eigenvalue weighted by molar-refractivity contribution is 14.1. The van der Waals surface area contributed by atoms with Crippen molar-refractivity contribution in [1.82, 2.24) is 4.57 Å². The average molecular weight is 422 g/mol. The summed E-state index contributed by atoms with van der Waals surface area (Å²) >= 11 is 2.08. The number of rotatable bonds is 1. The predicted octanol–water partition coefficient (Wildman–Crippen LogP) is 3.62. The van der Waals surface area contributed by atoms with Crippen molar-refractivity contribution in [2.24, 2.45) is 0 Å². The molecule has 1 saturated heterocycles. The van der Waals surface area contributed by atoms with E-state index in [2.05, 4.69) is 28.7 Å². The van der Waals surface area contributed by atoms with Gasteiger partial charge in [-0.1, -0.05) is 0 Å². The summed E-state index contributed by atoms with van der Waals surface area (Å²) in [6.45, 7) is 3.91. The van der Waals surface area contributed by atoms with Crippen LogP contribution < -0.4 is 0 Å². The number of halogens is 1. The van der Waals surface area contributed by atoms with E-state index in [4.69, 9.17) is 10.00 Å². The molecule has 23 heavy (non-hydrogen) atoms. The lowest BCUT2D eigenvalue weighted by Gasteiger charge is -2.21. The summed E-state index contributed by atoms with van der Waals surface area (Å²) in [4.78, 5) is 0. The molecule has 6 heteroatoms. The molecule has 0 unspecified atom stereocenters. The Bertz CT molecular complexity index is 859. The number of nitrogens with zero attached hydrogens (tertiary/aromatic N) is 2. The molecule has 0 spiro atoms. The third-order valence-electron chi connectivity index (χ3n) is 5.04. The van der Waals surface area contributed by atoms with Crippen molar-refractivity contribution >= 4 is 22.6 Å². The molecular weight excluding hydrogens is 407 g/mol. The van der Waals surface area contributed by atoms with E-state index >= 15 is 0 Å². The van der Waals surface area contributed by atoms with E-state index in [1.807, 2.05) is 13.8 Å². The number of ether oxygens (including phenoxy) is 1. The van der Waals surface area contributed by atoms with Crippen molar-refractivity contribution in [3.05, 3.63) is 38.5 Å². The first kappa shape index (κ1) is 14.8. The minimum Gasteiger partial charge on any atom is -0.494 e. The van der Waals surface area contributed by atoms with Gasteiger partial charge in [0.2, 0.25) is 11.8 Å². The lowest BCUT2D eigenvalue weighted by Crippen LogP contribution is -2.17. The summed E-state index contributed by atoms with van der Waals surface area (Å²) in [6, 6.07) is 7.31. The largest absolute Gasteiger partial charge is 0.494 e. The second kappa shape index (κ2) is 4.42. The first-order chi connectivity index (χ1) is 10.8. The zero-order chi connectivity index (χ0) is 16.6. The van der Waals surface area contributed by atoms with E-state index in [0.717, 1.165) is 16.4 Å². The van der Waals surface area contributed by atoms with Crippen LogP contribution in [0.25, 0.3) is 5.69 Å². The summed E-state index contributed by atoms with van der Waals surface area (Å²) in [7, 11) is 0. The molecule has 118 valence electrons. The number of hydrogen-bond acceptors (Lipinski definition) is 4. The van der Waals surface area contributed by atoms with E-state index < -0.39 is 11.2 Å². The molecule has 1 fully saturated rings. The van der Waals surface area contributed by atoms with Crippen LogP contribution >= 0.6 is 22.6 Å². The van der Waals surface area contributed by atoms with Gasteiger partial charge in [0.05, 0.1) is 33.6 Å². The van der Waals surface area contributed by atoms with Crippen LogP contribution in [0.1, 0.15) is 43.4 Å². The van der Waals surface area contributed by atoms with Crippen molar-refractivity contribution in [2.75, 3.05) is 0 Å². The van der Waals surface area contributed by atoms with Gasteiger partial charge in [-0.3, -0.25) is 4.57 Å². The number of benzene rings is 1. The molecule has 0 saturated carbocycles. The zero-order valence-electron chi connectivity index (χ0n) is 12.7. The van der Waals surface area contributed by atoms with E-state index in [9.17, 15) is 10.2 Å². The summed E-state index contributed by atoms with van der Waals surface area (Å²) in [5, 5.41) is 30.6. The monoisotopic (exact) mass is 422 g/mol. The summed E-state index contributed by atoms with van der Waals surface area (Å²) < 4.78 is 8.31. The molecule has 1 aromatic heterocycles. The van der Waals surface area contributed by atoms with Crippen LogP contribution in [-0.4, -0.2) is 14.8 Å². The highest BCUT2D eigenvalue weighted by Crippen LogP contribution is 2.64. The molecule has 2 aromatic rings. The molecule has 3 heterocycles. The van der Waals surface area contributed by atoms with Crippen LogP contribution in [0.15, 0.2) is 18.2 Å². The molecule has 4 rings (SSSR count). The Morgan fingerprint density at radius 1 is 1.17 bits per heavy atom. The van der Waals surface area contributed by atoms with Crippen molar-refractivity contribution in [2.45, 2.75) is 37.9 Å². The Kier molecular flexibility index (Phi) is 2.86. The third-order valence-corrected chi connectivity index (χ3v) is 5.93. The molecule has 1 aromatic carbocycles. The fraction of sp³-hybridized carbons (Fsp3) is 0.353. The van der Waals surface area contributed by atoms with Gasteiger partial charge in [0, 0.05) is 3.57 Å². The van der Waals surface area contributed by atoms with E-state index in [0.29, 0.717) is 22.4 Å². The Morgan fingerprint density at radius 2 is 1.74 bits per heavy atom. The predicted molar refractivity (Wildman–Crippen MR) is 91.6 cm³/mol. The van der Waals surface area contributed by atoms with Gasteiger partial charge in [0.15, 0.2) is 0 Å². The van der Waals surface area contributed by atoms with Gasteiger partial charge in [0.1, 0.15) is 6.07 Å². The maximum Gasteiger partial charge on any atom is 0.205 e. The molecule has 0 amide bonds. The van der Waals surface area contributed by atoms with Crippen molar-refractivity contribution in [3.63, 3.8) is 0 Å². The minimum absolute atomic E-state index is 0.0175. The summed E-state index contributed by atoms with van der Waals surface area (Å²) in [5.74, 6) is 0.0351.